The van der Waals surface area contributed by atoms with Crippen molar-refractivity contribution in [2.45, 2.75) is 32.7 Å². The summed E-state index contributed by atoms with van der Waals surface area (Å²) in [6.07, 6.45) is -5.73. The summed E-state index contributed by atoms with van der Waals surface area (Å²) in [7, 11) is 0. The van der Waals surface area contributed by atoms with Crippen molar-refractivity contribution < 1.29 is 31.8 Å². The molecule has 1 aliphatic rings. The third kappa shape index (κ3) is 3.99. The second kappa shape index (κ2) is 6.44. The second-order valence-corrected chi connectivity index (χ2v) is 7.09. The largest absolute Gasteiger partial charge is 0.573 e. The molecule has 27 heavy (non-hydrogen) atoms. The van der Waals surface area contributed by atoms with Crippen LogP contribution in [0.2, 0.25) is 0 Å². The van der Waals surface area contributed by atoms with Gasteiger partial charge >= 0.3 is 12.5 Å². The van der Waals surface area contributed by atoms with Crippen molar-refractivity contribution in [3.8, 4) is 16.9 Å². The molecule has 0 radical (unpaired) electrons. The molecule has 0 spiro atoms. The lowest BCUT2D eigenvalue weighted by molar-refractivity contribution is -0.275. The Kier molecular flexibility index (Phi) is 4.53. The van der Waals surface area contributed by atoms with Gasteiger partial charge in [0.25, 0.3) is 0 Å². The van der Waals surface area contributed by atoms with Gasteiger partial charge in [-0.1, -0.05) is 38.1 Å². The standard InChI is InChI=1S/C19H17F4NO3/c1-18(2)9-12-7-10(3-5-13(12)16(18)26-17(24)25)11-4-6-15(14(20)8-11)27-19(21,22)23/h3-8,16H,9H2,1-2H3,(H2,24,25). The molecular weight excluding hydrogens is 366 g/mol. The Balaban J connectivity index is 1.93. The number of alkyl halides is 3. The van der Waals surface area contributed by atoms with Crippen molar-refractivity contribution in [2.75, 3.05) is 0 Å². The Labute approximate surface area is 152 Å². The topological polar surface area (TPSA) is 61.6 Å². The minimum Gasteiger partial charge on any atom is -0.441 e. The van der Waals surface area contributed by atoms with Gasteiger partial charge in [0, 0.05) is 5.41 Å². The molecular formula is C19H17F4NO3. The molecule has 0 bridgehead atoms. The lowest BCUT2D eigenvalue weighted by atomic mass is 9.87. The maximum absolute atomic E-state index is 14.0. The number of halogens is 4. The lowest BCUT2D eigenvalue weighted by Gasteiger charge is -2.26. The molecule has 1 amide bonds. The van der Waals surface area contributed by atoms with Crippen LogP contribution in [0.3, 0.4) is 0 Å². The van der Waals surface area contributed by atoms with E-state index in [4.69, 9.17) is 10.5 Å². The first-order valence-corrected chi connectivity index (χ1v) is 8.11. The minimum absolute atomic E-state index is 0.369. The normalized spacial score (nSPS) is 18.1. The number of primary amides is 1. The van der Waals surface area contributed by atoms with Crippen LogP contribution in [0, 0.1) is 11.2 Å². The molecule has 0 aliphatic heterocycles. The number of ether oxygens (including phenoxy) is 2. The zero-order valence-corrected chi connectivity index (χ0v) is 14.6. The van der Waals surface area contributed by atoms with E-state index < -0.39 is 30.1 Å². The smallest absolute Gasteiger partial charge is 0.441 e. The predicted octanol–water partition coefficient (Wildman–Crippen LogP) is 5.11. The first-order chi connectivity index (χ1) is 12.5. The van der Waals surface area contributed by atoms with E-state index in [1.807, 2.05) is 13.8 Å². The van der Waals surface area contributed by atoms with Crippen molar-refractivity contribution >= 4 is 6.09 Å². The van der Waals surface area contributed by atoms with Gasteiger partial charge in [-0.3, -0.25) is 0 Å². The van der Waals surface area contributed by atoms with Crippen LogP contribution in [0.1, 0.15) is 31.1 Å². The van der Waals surface area contributed by atoms with Gasteiger partial charge in [0.05, 0.1) is 0 Å². The molecule has 2 N–H and O–H groups in total. The van der Waals surface area contributed by atoms with Crippen molar-refractivity contribution in [2.24, 2.45) is 11.1 Å². The van der Waals surface area contributed by atoms with Crippen molar-refractivity contribution in [1.82, 2.24) is 0 Å². The Morgan fingerprint density at radius 1 is 1.15 bits per heavy atom. The summed E-state index contributed by atoms with van der Waals surface area (Å²) in [5.41, 5.74) is 7.52. The van der Waals surface area contributed by atoms with Crippen LogP contribution < -0.4 is 10.5 Å². The quantitative estimate of drug-likeness (QED) is 0.750. The maximum atomic E-state index is 14.0. The molecule has 144 valence electrons. The molecule has 1 atom stereocenters. The summed E-state index contributed by atoms with van der Waals surface area (Å²) in [6, 6.07) is 8.53. The number of carbonyl (C=O) groups excluding carboxylic acids is 1. The number of fused-ring (bicyclic) bond motifs is 1. The molecule has 1 aliphatic carbocycles. The van der Waals surface area contributed by atoms with Gasteiger partial charge in [0.2, 0.25) is 0 Å². The number of benzene rings is 2. The fourth-order valence-corrected chi connectivity index (χ4v) is 3.43. The summed E-state index contributed by atoms with van der Waals surface area (Å²) in [4.78, 5) is 11.2. The molecule has 0 saturated carbocycles. The van der Waals surface area contributed by atoms with Crippen molar-refractivity contribution in [3.63, 3.8) is 0 Å². The van der Waals surface area contributed by atoms with E-state index >= 15 is 0 Å². The summed E-state index contributed by atoms with van der Waals surface area (Å²) in [5.74, 6) is -2.00. The molecule has 0 saturated heterocycles. The predicted molar refractivity (Wildman–Crippen MR) is 89.4 cm³/mol. The Hall–Kier alpha value is -2.77. The Morgan fingerprint density at radius 3 is 2.37 bits per heavy atom. The van der Waals surface area contributed by atoms with Gasteiger partial charge < -0.3 is 15.2 Å². The van der Waals surface area contributed by atoms with Gasteiger partial charge in [0.1, 0.15) is 6.10 Å². The van der Waals surface area contributed by atoms with Gasteiger partial charge in [-0.2, -0.15) is 0 Å². The monoisotopic (exact) mass is 383 g/mol. The minimum atomic E-state index is -4.96. The number of rotatable bonds is 3. The highest BCUT2D eigenvalue weighted by Crippen LogP contribution is 2.48. The average Bonchev–Trinajstić information content (AvgIpc) is 2.77. The number of amides is 1. The number of carbonyl (C=O) groups is 1. The molecule has 0 fully saturated rings. The first-order valence-electron chi connectivity index (χ1n) is 8.11. The van der Waals surface area contributed by atoms with E-state index in [9.17, 15) is 22.4 Å². The lowest BCUT2D eigenvalue weighted by Crippen LogP contribution is -2.25. The highest BCUT2D eigenvalue weighted by molar-refractivity contribution is 5.68. The van der Waals surface area contributed by atoms with E-state index in [0.717, 1.165) is 23.3 Å². The summed E-state index contributed by atoms with van der Waals surface area (Å²) >= 11 is 0. The maximum Gasteiger partial charge on any atom is 0.573 e. The molecule has 0 aromatic heterocycles. The van der Waals surface area contributed by atoms with Gasteiger partial charge in [0.15, 0.2) is 11.6 Å². The summed E-state index contributed by atoms with van der Waals surface area (Å²) in [6.45, 7) is 3.87. The number of hydrogen-bond donors (Lipinski definition) is 1. The summed E-state index contributed by atoms with van der Waals surface area (Å²) < 4.78 is 59.6. The fourth-order valence-electron chi connectivity index (χ4n) is 3.43. The third-order valence-electron chi connectivity index (χ3n) is 4.51. The molecule has 8 heteroatoms. The first kappa shape index (κ1) is 19.0. The number of nitrogens with two attached hydrogens (primary N) is 1. The fraction of sp³-hybridized carbons (Fsp3) is 0.316. The third-order valence-corrected chi connectivity index (χ3v) is 4.51. The summed E-state index contributed by atoms with van der Waals surface area (Å²) in [5, 5.41) is 0. The van der Waals surface area contributed by atoms with E-state index in [-0.39, 0.29) is 5.41 Å². The zero-order chi connectivity index (χ0) is 20.0. The second-order valence-electron chi connectivity index (χ2n) is 7.09. The molecule has 1 unspecified atom stereocenters. The van der Waals surface area contributed by atoms with Crippen LogP contribution in [0.4, 0.5) is 22.4 Å². The van der Waals surface area contributed by atoms with Crippen LogP contribution in [-0.2, 0) is 11.2 Å². The van der Waals surface area contributed by atoms with Gasteiger partial charge in [-0.05, 0) is 40.8 Å². The Morgan fingerprint density at radius 2 is 1.78 bits per heavy atom. The highest BCUT2D eigenvalue weighted by Gasteiger charge is 2.41. The van der Waals surface area contributed by atoms with E-state index in [1.165, 1.54) is 6.07 Å². The van der Waals surface area contributed by atoms with Crippen molar-refractivity contribution in [1.29, 1.82) is 0 Å². The van der Waals surface area contributed by atoms with Crippen LogP contribution in [0.25, 0.3) is 11.1 Å². The van der Waals surface area contributed by atoms with Gasteiger partial charge in [-0.15, -0.1) is 13.2 Å². The van der Waals surface area contributed by atoms with Crippen LogP contribution in [0.15, 0.2) is 36.4 Å². The van der Waals surface area contributed by atoms with Gasteiger partial charge in [-0.25, -0.2) is 9.18 Å². The molecule has 2 aromatic carbocycles. The SMILES string of the molecule is CC1(C)Cc2cc(-c3ccc(OC(F)(F)F)c(F)c3)ccc2C1OC(N)=O. The average molecular weight is 383 g/mol. The van der Waals surface area contributed by atoms with E-state index in [1.54, 1.807) is 18.2 Å². The van der Waals surface area contributed by atoms with Crippen LogP contribution >= 0.6 is 0 Å². The van der Waals surface area contributed by atoms with Crippen molar-refractivity contribution in [3.05, 3.63) is 53.3 Å². The van der Waals surface area contributed by atoms with Crippen LogP contribution in [0.5, 0.6) is 5.75 Å². The highest BCUT2D eigenvalue weighted by atomic mass is 19.4. The van der Waals surface area contributed by atoms with Crippen LogP contribution in [-0.4, -0.2) is 12.5 Å². The van der Waals surface area contributed by atoms with E-state index in [0.29, 0.717) is 17.5 Å². The van der Waals surface area contributed by atoms with E-state index in [2.05, 4.69) is 4.74 Å². The molecule has 3 rings (SSSR count). The number of hydrogen-bond acceptors (Lipinski definition) is 3. The molecule has 4 nitrogen and oxygen atoms in total. The Bertz CT molecular complexity index is 893. The molecule has 2 aromatic rings. The molecule has 0 heterocycles. The zero-order valence-electron chi connectivity index (χ0n) is 14.6.